The molecule has 1 aromatic rings. The van der Waals surface area contributed by atoms with Crippen LogP contribution in [0.5, 0.6) is 0 Å². The largest absolute Gasteiger partial charge is 0.324 e. The highest BCUT2D eigenvalue weighted by atomic mass is 35.5. The predicted molar refractivity (Wildman–Crippen MR) is 55.4 cm³/mol. The van der Waals surface area contributed by atoms with Gasteiger partial charge in [-0.3, -0.25) is 5.84 Å². The van der Waals surface area contributed by atoms with E-state index in [0.29, 0.717) is 0 Å². The van der Waals surface area contributed by atoms with Crippen molar-refractivity contribution in [3.8, 4) is 0 Å². The van der Waals surface area contributed by atoms with E-state index >= 15 is 0 Å². The van der Waals surface area contributed by atoms with Crippen molar-refractivity contribution in [2.24, 2.45) is 5.84 Å². The van der Waals surface area contributed by atoms with Crippen molar-refractivity contribution >= 4 is 18.1 Å². The van der Waals surface area contributed by atoms with Crippen molar-refractivity contribution in [2.75, 3.05) is 5.43 Å². The monoisotopic (exact) mass is 184 g/mol. The number of halogens is 1. The average molecular weight is 185 g/mol. The number of hydrogen-bond donors (Lipinski definition) is 2. The van der Waals surface area contributed by atoms with Gasteiger partial charge in [0.05, 0.1) is 0 Å². The molecule has 0 radical (unpaired) electrons. The van der Waals surface area contributed by atoms with Crippen LogP contribution in [-0.2, 0) is 6.42 Å². The fraction of sp³-hybridized carbons (Fsp3) is 0.111. The molecule has 3 heteroatoms. The molecule has 0 amide bonds. The Kier molecular flexibility index (Phi) is 5.17. The Morgan fingerprint density at radius 2 is 1.92 bits per heavy atom. The minimum absolute atomic E-state index is 0. The summed E-state index contributed by atoms with van der Waals surface area (Å²) in [6.45, 7) is 3.66. The van der Waals surface area contributed by atoms with Crippen LogP contribution < -0.4 is 11.3 Å². The van der Waals surface area contributed by atoms with Gasteiger partial charge in [0.25, 0.3) is 0 Å². The zero-order chi connectivity index (χ0) is 8.10. The predicted octanol–water partition coefficient (Wildman–Crippen LogP) is 2.12. The number of rotatable bonds is 3. The van der Waals surface area contributed by atoms with Gasteiger partial charge in [0, 0.05) is 5.69 Å². The second-order valence-corrected chi connectivity index (χ2v) is 2.33. The van der Waals surface area contributed by atoms with Gasteiger partial charge in [-0.25, -0.2) is 0 Å². The number of nitrogen functional groups attached to an aromatic ring is 1. The lowest BCUT2D eigenvalue weighted by Crippen LogP contribution is -2.06. The average Bonchev–Trinajstić information content (AvgIpc) is 2.07. The van der Waals surface area contributed by atoms with E-state index in [0.717, 1.165) is 12.1 Å². The molecule has 0 bridgehead atoms. The van der Waals surface area contributed by atoms with Crippen LogP contribution in [0.4, 0.5) is 5.69 Å². The minimum Gasteiger partial charge on any atom is -0.324 e. The lowest BCUT2D eigenvalue weighted by atomic mass is 10.1. The number of allylic oxidation sites excluding steroid dienone is 1. The summed E-state index contributed by atoms with van der Waals surface area (Å²) < 4.78 is 0. The molecule has 0 spiro atoms. The quantitative estimate of drug-likeness (QED) is 0.429. The zero-order valence-corrected chi connectivity index (χ0v) is 7.60. The van der Waals surface area contributed by atoms with Crippen molar-refractivity contribution in [1.29, 1.82) is 0 Å². The second-order valence-electron chi connectivity index (χ2n) is 2.33. The van der Waals surface area contributed by atoms with Gasteiger partial charge in [-0.05, 0) is 24.1 Å². The molecular weight excluding hydrogens is 172 g/mol. The summed E-state index contributed by atoms with van der Waals surface area (Å²) in [5, 5.41) is 0. The van der Waals surface area contributed by atoms with Gasteiger partial charge in [-0.1, -0.05) is 18.2 Å². The van der Waals surface area contributed by atoms with Crippen LogP contribution in [0.2, 0.25) is 0 Å². The first-order chi connectivity index (χ1) is 5.36. The third-order valence-electron chi connectivity index (χ3n) is 1.50. The fourth-order valence-electron chi connectivity index (χ4n) is 0.904. The Morgan fingerprint density at radius 1 is 1.33 bits per heavy atom. The number of nitrogens with one attached hydrogen (secondary N) is 1. The standard InChI is InChI=1S/C9H12N2.ClH/c1-2-3-8-4-6-9(11-10)7-5-8;/h2,4-7,11H,1,3,10H2;1H. The Bertz CT molecular complexity index is 231. The summed E-state index contributed by atoms with van der Waals surface area (Å²) >= 11 is 0. The van der Waals surface area contributed by atoms with Gasteiger partial charge >= 0.3 is 0 Å². The number of nitrogens with two attached hydrogens (primary N) is 1. The summed E-state index contributed by atoms with van der Waals surface area (Å²) in [6.07, 6.45) is 2.79. The molecular formula is C9H13ClN2. The molecule has 0 unspecified atom stereocenters. The van der Waals surface area contributed by atoms with Crippen LogP contribution in [0.25, 0.3) is 0 Å². The van der Waals surface area contributed by atoms with Gasteiger partial charge in [-0.2, -0.15) is 0 Å². The van der Waals surface area contributed by atoms with Crippen LogP contribution in [0.15, 0.2) is 36.9 Å². The van der Waals surface area contributed by atoms with E-state index in [4.69, 9.17) is 5.84 Å². The van der Waals surface area contributed by atoms with Crippen LogP contribution in [0.3, 0.4) is 0 Å². The topological polar surface area (TPSA) is 38.0 Å². The first-order valence-electron chi connectivity index (χ1n) is 3.53. The molecule has 0 aromatic heterocycles. The molecule has 0 aliphatic carbocycles. The van der Waals surface area contributed by atoms with E-state index in [1.54, 1.807) is 0 Å². The highest BCUT2D eigenvalue weighted by Gasteiger charge is 1.88. The molecule has 3 N–H and O–H groups in total. The van der Waals surface area contributed by atoms with Crippen LogP contribution >= 0.6 is 12.4 Å². The maximum absolute atomic E-state index is 5.20. The molecule has 0 saturated carbocycles. The van der Waals surface area contributed by atoms with Gasteiger partial charge in [0.1, 0.15) is 0 Å². The number of hydrogen-bond acceptors (Lipinski definition) is 2. The third-order valence-corrected chi connectivity index (χ3v) is 1.50. The van der Waals surface area contributed by atoms with Crippen LogP contribution in [0.1, 0.15) is 5.56 Å². The van der Waals surface area contributed by atoms with Crippen molar-refractivity contribution < 1.29 is 0 Å². The highest BCUT2D eigenvalue weighted by molar-refractivity contribution is 5.85. The van der Waals surface area contributed by atoms with E-state index in [1.807, 2.05) is 30.3 Å². The number of benzene rings is 1. The molecule has 0 aliphatic rings. The third kappa shape index (κ3) is 2.95. The normalized spacial score (nSPS) is 8.42. The molecule has 0 fully saturated rings. The molecule has 0 atom stereocenters. The Morgan fingerprint density at radius 3 is 2.33 bits per heavy atom. The SMILES string of the molecule is C=CCc1ccc(NN)cc1.Cl. The molecule has 0 heterocycles. The minimum atomic E-state index is 0. The second kappa shape index (κ2) is 5.63. The summed E-state index contributed by atoms with van der Waals surface area (Å²) in [4.78, 5) is 0. The molecule has 12 heavy (non-hydrogen) atoms. The number of anilines is 1. The Labute approximate surface area is 78.8 Å². The summed E-state index contributed by atoms with van der Waals surface area (Å²) in [5.74, 6) is 5.20. The van der Waals surface area contributed by atoms with Gasteiger partial charge in [-0.15, -0.1) is 19.0 Å². The van der Waals surface area contributed by atoms with Crippen molar-refractivity contribution in [2.45, 2.75) is 6.42 Å². The molecule has 0 saturated heterocycles. The molecule has 0 aliphatic heterocycles. The van der Waals surface area contributed by atoms with Crippen LogP contribution in [0, 0.1) is 0 Å². The molecule has 1 aromatic carbocycles. The molecule has 1 rings (SSSR count). The first kappa shape index (κ1) is 11.0. The smallest absolute Gasteiger partial charge is 0.0485 e. The molecule has 2 nitrogen and oxygen atoms in total. The van der Waals surface area contributed by atoms with Gasteiger partial charge in [0.15, 0.2) is 0 Å². The van der Waals surface area contributed by atoms with Crippen molar-refractivity contribution in [3.63, 3.8) is 0 Å². The van der Waals surface area contributed by atoms with Crippen molar-refractivity contribution in [1.82, 2.24) is 0 Å². The summed E-state index contributed by atoms with van der Waals surface area (Å²) in [5.41, 5.74) is 4.75. The van der Waals surface area contributed by atoms with Crippen LogP contribution in [-0.4, -0.2) is 0 Å². The number of hydrazine groups is 1. The van der Waals surface area contributed by atoms with E-state index in [2.05, 4.69) is 12.0 Å². The van der Waals surface area contributed by atoms with E-state index in [-0.39, 0.29) is 12.4 Å². The van der Waals surface area contributed by atoms with Gasteiger partial charge in [0.2, 0.25) is 0 Å². The lowest BCUT2D eigenvalue weighted by Gasteiger charge is -1.99. The zero-order valence-electron chi connectivity index (χ0n) is 6.79. The van der Waals surface area contributed by atoms with E-state index in [9.17, 15) is 0 Å². The maximum Gasteiger partial charge on any atom is 0.0485 e. The highest BCUT2D eigenvalue weighted by Crippen LogP contribution is 2.08. The Balaban J connectivity index is 0.00000121. The van der Waals surface area contributed by atoms with Gasteiger partial charge < -0.3 is 5.43 Å². The fourth-order valence-corrected chi connectivity index (χ4v) is 0.904. The first-order valence-corrected chi connectivity index (χ1v) is 3.53. The van der Waals surface area contributed by atoms with E-state index < -0.39 is 0 Å². The molecule has 66 valence electrons. The summed E-state index contributed by atoms with van der Waals surface area (Å²) in [6, 6.07) is 7.94. The Hall–Kier alpha value is -0.990. The summed E-state index contributed by atoms with van der Waals surface area (Å²) in [7, 11) is 0. The lowest BCUT2D eigenvalue weighted by molar-refractivity contribution is 1.26. The maximum atomic E-state index is 5.20. The van der Waals surface area contributed by atoms with Crippen molar-refractivity contribution in [3.05, 3.63) is 42.5 Å². The van der Waals surface area contributed by atoms with E-state index in [1.165, 1.54) is 5.56 Å².